The van der Waals surface area contributed by atoms with Crippen LogP contribution in [0.15, 0.2) is 41.1 Å². The predicted octanol–water partition coefficient (Wildman–Crippen LogP) is 2.41. The van der Waals surface area contributed by atoms with Gasteiger partial charge in [0.15, 0.2) is 5.95 Å². The summed E-state index contributed by atoms with van der Waals surface area (Å²) in [5, 5.41) is 1.07. The summed E-state index contributed by atoms with van der Waals surface area (Å²) in [5.41, 5.74) is 8.37. The Morgan fingerprint density at radius 3 is 3.00 bits per heavy atom. The summed E-state index contributed by atoms with van der Waals surface area (Å²) < 4.78 is 5.26. The SMILES string of the molecule is Nc1ncc(-c2ccc3occc3c2)[nH]1. The average Bonchev–Trinajstić information content (AvgIpc) is 2.84. The van der Waals surface area contributed by atoms with Crippen molar-refractivity contribution in [2.24, 2.45) is 0 Å². The fourth-order valence-corrected chi connectivity index (χ4v) is 1.62. The Bertz CT molecular complexity index is 609. The van der Waals surface area contributed by atoms with Crippen molar-refractivity contribution in [3.8, 4) is 11.3 Å². The number of fused-ring (bicyclic) bond motifs is 1. The van der Waals surface area contributed by atoms with Gasteiger partial charge in [-0.2, -0.15) is 0 Å². The lowest BCUT2D eigenvalue weighted by molar-refractivity contribution is 0.616. The van der Waals surface area contributed by atoms with Crippen molar-refractivity contribution in [2.75, 3.05) is 5.73 Å². The summed E-state index contributed by atoms with van der Waals surface area (Å²) in [7, 11) is 0. The summed E-state index contributed by atoms with van der Waals surface area (Å²) in [6, 6.07) is 7.87. The van der Waals surface area contributed by atoms with Crippen LogP contribution in [0, 0.1) is 0 Å². The van der Waals surface area contributed by atoms with Crippen LogP contribution in [-0.4, -0.2) is 9.97 Å². The second kappa shape index (κ2) is 2.88. The lowest BCUT2D eigenvalue weighted by Gasteiger charge is -1.96. The van der Waals surface area contributed by atoms with E-state index < -0.39 is 0 Å². The Kier molecular flexibility index (Phi) is 1.56. The van der Waals surface area contributed by atoms with Crippen LogP contribution >= 0.6 is 0 Å². The largest absolute Gasteiger partial charge is 0.464 e. The zero-order valence-corrected chi connectivity index (χ0v) is 7.90. The number of benzene rings is 1. The van der Waals surface area contributed by atoms with Crippen molar-refractivity contribution in [3.05, 3.63) is 36.7 Å². The molecule has 15 heavy (non-hydrogen) atoms. The van der Waals surface area contributed by atoms with Gasteiger partial charge in [0, 0.05) is 10.9 Å². The number of anilines is 1. The van der Waals surface area contributed by atoms with Gasteiger partial charge >= 0.3 is 0 Å². The molecule has 0 unspecified atom stereocenters. The van der Waals surface area contributed by atoms with E-state index in [1.165, 1.54) is 0 Å². The molecule has 0 aliphatic rings. The molecule has 2 aromatic heterocycles. The summed E-state index contributed by atoms with van der Waals surface area (Å²) >= 11 is 0. The van der Waals surface area contributed by atoms with E-state index in [1.54, 1.807) is 12.5 Å². The van der Waals surface area contributed by atoms with Crippen LogP contribution in [-0.2, 0) is 0 Å². The quantitative estimate of drug-likeness (QED) is 0.632. The smallest absolute Gasteiger partial charge is 0.197 e. The number of furan rings is 1. The molecule has 3 rings (SSSR count). The van der Waals surface area contributed by atoms with Crippen molar-refractivity contribution < 1.29 is 4.42 Å². The third-order valence-electron chi connectivity index (χ3n) is 2.36. The van der Waals surface area contributed by atoms with Gasteiger partial charge in [0.1, 0.15) is 5.58 Å². The number of aromatic amines is 1. The minimum absolute atomic E-state index is 0.428. The molecule has 0 saturated carbocycles. The molecule has 0 aliphatic carbocycles. The molecule has 3 aromatic rings. The highest BCUT2D eigenvalue weighted by molar-refractivity contribution is 5.82. The highest BCUT2D eigenvalue weighted by atomic mass is 16.3. The topological polar surface area (TPSA) is 67.8 Å². The molecule has 74 valence electrons. The van der Waals surface area contributed by atoms with E-state index in [2.05, 4.69) is 9.97 Å². The summed E-state index contributed by atoms with van der Waals surface area (Å²) in [6.45, 7) is 0. The molecule has 0 fully saturated rings. The van der Waals surface area contributed by atoms with Crippen LogP contribution in [0.1, 0.15) is 0 Å². The number of imidazole rings is 1. The zero-order valence-electron chi connectivity index (χ0n) is 7.90. The molecule has 4 heteroatoms. The van der Waals surface area contributed by atoms with E-state index in [-0.39, 0.29) is 0 Å². The minimum Gasteiger partial charge on any atom is -0.464 e. The highest BCUT2D eigenvalue weighted by Gasteiger charge is 2.03. The molecule has 3 N–H and O–H groups in total. The fourth-order valence-electron chi connectivity index (χ4n) is 1.62. The molecule has 0 aliphatic heterocycles. The molecule has 0 saturated heterocycles. The van der Waals surface area contributed by atoms with Crippen LogP contribution in [0.4, 0.5) is 5.95 Å². The lowest BCUT2D eigenvalue weighted by Crippen LogP contribution is -1.85. The van der Waals surface area contributed by atoms with Crippen LogP contribution in [0.3, 0.4) is 0 Å². The van der Waals surface area contributed by atoms with E-state index in [0.29, 0.717) is 5.95 Å². The van der Waals surface area contributed by atoms with Gasteiger partial charge in [-0.25, -0.2) is 4.98 Å². The average molecular weight is 199 g/mol. The van der Waals surface area contributed by atoms with Crippen molar-refractivity contribution in [1.29, 1.82) is 0 Å². The van der Waals surface area contributed by atoms with Gasteiger partial charge in [-0.05, 0) is 24.3 Å². The van der Waals surface area contributed by atoms with Crippen molar-refractivity contribution in [2.45, 2.75) is 0 Å². The molecular formula is C11H9N3O. The summed E-state index contributed by atoms with van der Waals surface area (Å²) in [6.07, 6.45) is 3.40. The zero-order chi connectivity index (χ0) is 10.3. The Labute approximate surface area is 85.7 Å². The molecule has 0 spiro atoms. The summed E-state index contributed by atoms with van der Waals surface area (Å²) in [5.74, 6) is 0.428. The number of aromatic nitrogens is 2. The minimum atomic E-state index is 0.428. The second-order valence-electron chi connectivity index (χ2n) is 3.36. The van der Waals surface area contributed by atoms with E-state index >= 15 is 0 Å². The van der Waals surface area contributed by atoms with E-state index in [9.17, 15) is 0 Å². The molecule has 4 nitrogen and oxygen atoms in total. The molecule has 0 amide bonds. The third-order valence-corrected chi connectivity index (χ3v) is 2.36. The number of H-pyrrole nitrogens is 1. The number of nitrogen functional groups attached to an aromatic ring is 1. The third kappa shape index (κ3) is 1.27. The number of nitrogens with one attached hydrogen (secondary N) is 1. The van der Waals surface area contributed by atoms with Gasteiger partial charge in [0.2, 0.25) is 0 Å². The fraction of sp³-hybridized carbons (Fsp3) is 0. The molecule has 2 heterocycles. The van der Waals surface area contributed by atoms with Crippen LogP contribution in [0.5, 0.6) is 0 Å². The monoisotopic (exact) mass is 199 g/mol. The number of hydrogen-bond acceptors (Lipinski definition) is 3. The van der Waals surface area contributed by atoms with Gasteiger partial charge in [-0.1, -0.05) is 0 Å². The second-order valence-corrected chi connectivity index (χ2v) is 3.36. The number of nitrogens with zero attached hydrogens (tertiary/aromatic N) is 1. The van der Waals surface area contributed by atoms with Crippen LogP contribution in [0.2, 0.25) is 0 Å². The first-order valence-electron chi connectivity index (χ1n) is 4.61. The normalized spacial score (nSPS) is 10.9. The molecule has 0 atom stereocenters. The van der Waals surface area contributed by atoms with E-state index in [0.717, 1.165) is 22.2 Å². The van der Waals surface area contributed by atoms with Gasteiger partial charge in [0.25, 0.3) is 0 Å². The highest BCUT2D eigenvalue weighted by Crippen LogP contribution is 2.23. The maximum absolute atomic E-state index is 5.52. The van der Waals surface area contributed by atoms with Crippen molar-refractivity contribution >= 4 is 16.9 Å². The predicted molar refractivity (Wildman–Crippen MR) is 58.2 cm³/mol. The van der Waals surface area contributed by atoms with Crippen molar-refractivity contribution in [3.63, 3.8) is 0 Å². The van der Waals surface area contributed by atoms with Crippen molar-refractivity contribution in [1.82, 2.24) is 9.97 Å². The first-order valence-corrected chi connectivity index (χ1v) is 4.61. The van der Waals surface area contributed by atoms with Crippen LogP contribution < -0.4 is 5.73 Å². The maximum atomic E-state index is 5.52. The first kappa shape index (κ1) is 8.11. The standard InChI is InChI=1S/C11H9N3O/c12-11-13-6-9(14-11)7-1-2-10-8(5-7)3-4-15-10/h1-6H,(H3,12,13,14). The number of hydrogen-bond donors (Lipinski definition) is 2. The van der Waals surface area contributed by atoms with Crippen LogP contribution in [0.25, 0.3) is 22.2 Å². The van der Waals surface area contributed by atoms with E-state index in [4.69, 9.17) is 10.2 Å². The maximum Gasteiger partial charge on any atom is 0.197 e. The summed E-state index contributed by atoms with van der Waals surface area (Å²) in [4.78, 5) is 6.94. The Hall–Kier alpha value is -2.23. The van der Waals surface area contributed by atoms with Gasteiger partial charge in [-0.3, -0.25) is 0 Å². The number of rotatable bonds is 1. The Morgan fingerprint density at radius 1 is 1.27 bits per heavy atom. The lowest BCUT2D eigenvalue weighted by atomic mass is 10.1. The Balaban J connectivity index is 2.18. The number of nitrogens with two attached hydrogens (primary N) is 1. The van der Waals surface area contributed by atoms with E-state index in [1.807, 2.05) is 24.3 Å². The molecule has 0 bridgehead atoms. The molecular weight excluding hydrogens is 190 g/mol. The first-order chi connectivity index (χ1) is 7.33. The van der Waals surface area contributed by atoms with Gasteiger partial charge in [0.05, 0.1) is 18.2 Å². The Morgan fingerprint density at radius 2 is 2.20 bits per heavy atom. The molecule has 0 radical (unpaired) electrons. The molecule has 1 aromatic carbocycles. The van der Waals surface area contributed by atoms with Gasteiger partial charge in [-0.15, -0.1) is 0 Å². The van der Waals surface area contributed by atoms with Gasteiger partial charge < -0.3 is 15.1 Å².